The van der Waals surface area contributed by atoms with E-state index in [2.05, 4.69) is 57.0 Å². The van der Waals surface area contributed by atoms with Crippen molar-refractivity contribution in [3.8, 4) is 5.75 Å². The maximum atomic E-state index is 12.9. The van der Waals surface area contributed by atoms with Gasteiger partial charge in [-0.15, -0.1) is 22.7 Å². The molecule has 0 saturated heterocycles. The van der Waals surface area contributed by atoms with E-state index in [-0.39, 0.29) is 17.3 Å². The van der Waals surface area contributed by atoms with Gasteiger partial charge in [0.05, 0.1) is 57.0 Å². The molecule has 0 bridgehead atoms. The number of furan rings is 2. The summed E-state index contributed by atoms with van der Waals surface area (Å²) < 4.78 is 43.9. The Kier molecular flexibility index (Phi) is 23.9. The third-order valence-electron chi connectivity index (χ3n) is 13.4. The van der Waals surface area contributed by atoms with Gasteiger partial charge in [0.1, 0.15) is 52.0 Å². The third-order valence-corrected chi connectivity index (χ3v) is 17.3. The van der Waals surface area contributed by atoms with E-state index in [1.54, 1.807) is 23.5 Å². The van der Waals surface area contributed by atoms with Crippen molar-refractivity contribution in [1.82, 2.24) is 24.9 Å². The molecule has 1 aliphatic heterocycles. The molecule has 1 unspecified atom stereocenters. The number of hydrogen-bond acceptors (Lipinski definition) is 9. The minimum absolute atomic E-state index is 0. The fourth-order valence-electron chi connectivity index (χ4n) is 9.40. The van der Waals surface area contributed by atoms with Crippen LogP contribution in [0, 0.1) is 60.1 Å². The number of benzene rings is 9. The van der Waals surface area contributed by atoms with Crippen LogP contribution in [0.4, 0.5) is 8.78 Å². The number of nitrogens with zero attached hydrogens (tertiary/aromatic N) is 4. The Morgan fingerprint density at radius 1 is 0.435 bits per heavy atom. The van der Waals surface area contributed by atoms with Gasteiger partial charge >= 0.3 is 0 Å². The van der Waals surface area contributed by atoms with Crippen LogP contribution in [0.2, 0.25) is 40.2 Å². The quantitative estimate of drug-likeness (QED) is 0.161. The summed E-state index contributed by atoms with van der Waals surface area (Å²) in [6.45, 7) is 15.7. The molecule has 1 N–H and O–H groups in total. The molecule has 0 radical (unpaired) electrons. The molecule has 0 aliphatic carbocycles. The Balaban J connectivity index is 0.000000136. The molecule has 0 saturated carbocycles. The number of halogens is 10. The number of rotatable bonds is 0. The van der Waals surface area contributed by atoms with Crippen LogP contribution in [-0.4, -0.2) is 31.0 Å². The predicted molar refractivity (Wildman–Crippen MR) is 389 cm³/mol. The highest BCUT2D eigenvalue weighted by atomic mass is 35.5. The average molecular weight is 1430 g/mol. The van der Waals surface area contributed by atoms with E-state index in [1.807, 2.05) is 175 Å². The number of nitrogens with one attached hydrogen (secondary N) is 1. The van der Waals surface area contributed by atoms with Crippen LogP contribution >= 0.6 is 115 Å². The number of aromatic nitrogens is 5. The highest BCUT2D eigenvalue weighted by Gasteiger charge is 2.18. The lowest BCUT2D eigenvalue weighted by Crippen LogP contribution is -2.05. The van der Waals surface area contributed by atoms with Gasteiger partial charge in [-0.3, -0.25) is 4.98 Å². The molecule has 6 aromatic heterocycles. The van der Waals surface area contributed by atoms with Crippen LogP contribution < -0.4 is 4.74 Å². The van der Waals surface area contributed by atoms with Gasteiger partial charge in [0.2, 0.25) is 0 Å². The number of fused-ring (bicyclic) bond motifs is 8. The summed E-state index contributed by atoms with van der Waals surface area (Å²) in [6, 6.07) is 54.4. The van der Waals surface area contributed by atoms with Crippen LogP contribution in [0.1, 0.15) is 52.5 Å². The second-order valence-corrected chi connectivity index (χ2v) is 27.1. The molecule has 0 spiro atoms. The molecular weight excluding hydrogens is 1370 g/mol. The number of aryl methyl sites for hydroxylation is 7. The van der Waals surface area contributed by atoms with Crippen molar-refractivity contribution < 1.29 is 23.8 Å². The van der Waals surface area contributed by atoms with Crippen LogP contribution in [0.15, 0.2) is 185 Å². The lowest BCUT2D eigenvalue weighted by Gasteiger charge is -2.00. The molecule has 8 nitrogen and oxygen atoms in total. The van der Waals surface area contributed by atoms with Gasteiger partial charge in [-0.1, -0.05) is 129 Å². The fourth-order valence-corrected chi connectivity index (χ4v) is 12.4. The molecule has 16 rings (SSSR count). The number of H-pyrrole nitrogens is 1. The first-order valence-corrected chi connectivity index (χ1v) is 33.0. The van der Waals surface area contributed by atoms with Crippen LogP contribution in [0.25, 0.3) is 75.1 Å². The van der Waals surface area contributed by atoms with Crippen molar-refractivity contribution in [2.75, 3.05) is 0 Å². The molecule has 472 valence electrons. The van der Waals surface area contributed by atoms with Gasteiger partial charge in [-0.25, -0.2) is 23.7 Å². The second kappa shape index (κ2) is 31.7. The Labute approximate surface area is 580 Å². The molecule has 9 aromatic carbocycles. The van der Waals surface area contributed by atoms with Crippen molar-refractivity contribution in [1.29, 1.82) is 0 Å². The minimum atomic E-state index is -0.446. The van der Waals surface area contributed by atoms with E-state index in [0.29, 0.717) is 11.7 Å². The number of imidazole rings is 1. The topological polar surface area (TPSA) is 103 Å². The zero-order chi connectivity index (χ0) is 65.9. The van der Waals surface area contributed by atoms with Crippen molar-refractivity contribution in [3.05, 3.63) is 272 Å². The summed E-state index contributed by atoms with van der Waals surface area (Å²) in [6.07, 6.45) is 1.29. The van der Waals surface area contributed by atoms with Gasteiger partial charge in [0, 0.05) is 65.9 Å². The summed E-state index contributed by atoms with van der Waals surface area (Å²) in [4.78, 5) is 20.2. The summed E-state index contributed by atoms with van der Waals surface area (Å²) in [5.74, 6) is 2.75. The third kappa shape index (κ3) is 19.5. The molecule has 7 heterocycles. The van der Waals surface area contributed by atoms with Gasteiger partial charge in [0.25, 0.3) is 0 Å². The second-order valence-electron chi connectivity index (χ2n) is 21.2. The minimum Gasteiger partial charge on any atom is -0.490 e. The monoisotopic (exact) mass is 1420 g/mol. The van der Waals surface area contributed by atoms with Gasteiger partial charge < -0.3 is 18.6 Å². The lowest BCUT2D eigenvalue weighted by molar-refractivity contribution is 0.254. The van der Waals surface area contributed by atoms with Crippen LogP contribution in [0.5, 0.6) is 5.75 Å². The Morgan fingerprint density at radius 2 is 0.957 bits per heavy atom. The van der Waals surface area contributed by atoms with E-state index in [4.69, 9.17) is 106 Å². The van der Waals surface area contributed by atoms with Crippen molar-refractivity contribution in [2.45, 2.75) is 67.9 Å². The average Bonchev–Trinajstić information content (AvgIpc) is 2.28. The number of ether oxygens (including phenoxy) is 1. The van der Waals surface area contributed by atoms with Crippen molar-refractivity contribution in [2.24, 2.45) is 0 Å². The summed E-state index contributed by atoms with van der Waals surface area (Å²) in [5.41, 5.74) is 9.70. The first kappa shape index (κ1) is 69.3. The maximum absolute atomic E-state index is 12.9. The summed E-state index contributed by atoms with van der Waals surface area (Å²) in [7, 11) is 0. The lowest BCUT2D eigenvalue weighted by atomic mass is 10.1. The first-order chi connectivity index (χ1) is 43.9. The molecule has 20 heteroatoms. The molecule has 0 amide bonds. The molecule has 0 fully saturated rings. The summed E-state index contributed by atoms with van der Waals surface area (Å²) in [5, 5.41) is 12.3. The molecule has 1 aliphatic rings. The van der Waals surface area contributed by atoms with Crippen LogP contribution in [0.3, 0.4) is 0 Å². The number of hydrogen-bond donors (Lipinski definition) is 1. The number of aromatic amines is 1. The van der Waals surface area contributed by atoms with E-state index < -0.39 is 5.82 Å². The maximum Gasteiger partial charge on any atom is 0.145 e. The fraction of sp³-hybridized carbons (Fsp3) is 0.139. The first-order valence-electron chi connectivity index (χ1n) is 28.4. The van der Waals surface area contributed by atoms with Gasteiger partial charge in [0.15, 0.2) is 0 Å². The van der Waals surface area contributed by atoms with Gasteiger partial charge in [-0.05, 0) is 211 Å². The van der Waals surface area contributed by atoms with E-state index >= 15 is 0 Å². The van der Waals surface area contributed by atoms with E-state index in [0.717, 1.165) is 129 Å². The smallest absolute Gasteiger partial charge is 0.145 e. The molecule has 92 heavy (non-hydrogen) atoms. The molecular formula is C72H59Cl8F2N5O3S2. The van der Waals surface area contributed by atoms with Crippen molar-refractivity contribution >= 4 is 191 Å². The van der Waals surface area contributed by atoms with Crippen LogP contribution in [-0.2, 0) is 6.42 Å². The zero-order valence-electron chi connectivity index (χ0n) is 50.6. The Bertz CT molecular complexity index is 4560. The molecule has 1 atom stereocenters. The predicted octanol–water partition coefficient (Wildman–Crippen LogP) is 26.0. The Hall–Kier alpha value is -7.04. The number of thiazole rings is 2. The summed E-state index contributed by atoms with van der Waals surface area (Å²) >= 11 is 49.2. The van der Waals surface area contributed by atoms with Crippen molar-refractivity contribution in [3.63, 3.8) is 0 Å². The van der Waals surface area contributed by atoms with Gasteiger partial charge in [-0.2, -0.15) is 0 Å². The highest BCUT2D eigenvalue weighted by molar-refractivity contribution is 7.18. The molecule has 15 aromatic rings. The normalized spacial score (nSPS) is 12.0. The number of pyridine rings is 1. The van der Waals surface area contributed by atoms with E-state index in [1.165, 1.54) is 50.1 Å². The standard InChI is InChI=1S/C11H9Cl.C10H8ClN.C9H6ClFO.C9H9ClO.C9H7ClO.C8H5ClFNS.C8H7ClN2.C8H6ClNS.H2/c1-8-2-3-10-7-11(12)5-4-9(10)6-8;1-7-2-3-8-6-9(11)4-5-10(8)12-7;1-5-2-6-3-7(10)8(11)4-9(6)12-5;2*1-6-4-7-5-8(10)2-3-9(7)11-6;1-4-11-7-2-5(9)6(10)3-8(7)12-4;1-5-10-7-3-2-6(9)4-8(7)11-5;1-5-10-7-4-6(9)2-3-8(7)11-5;/h2-7H,1H3;2-6H,1H3;2-4H,1H3;2-3,5-6H,4H2,1H3;2-5H,1H3;2-3H,1H3;2-4H,1H3,(H,10,11);2-4H,1H3;1H. The zero-order valence-corrected chi connectivity index (χ0v) is 58.3. The van der Waals surface area contributed by atoms with E-state index in [9.17, 15) is 8.78 Å². The largest absolute Gasteiger partial charge is 0.490 e. The Morgan fingerprint density at radius 3 is 1.68 bits per heavy atom. The highest BCUT2D eigenvalue weighted by Crippen LogP contribution is 2.32. The SMILES string of the molecule is CC1Cc2cc(Cl)ccc2O1.Cc1cc2cc(Cl)c(F)cc2o1.Cc1cc2cc(Cl)ccc2o1.Cc1ccc2cc(Cl)ccc2c1.Cc1ccc2cc(Cl)ccc2n1.Cc1nc2cc(Cl)c(F)cc2s1.Cc1nc2cc(Cl)ccc2s1.Cc1nc2ccc(Cl)cc2[nH]1.[HH].